The van der Waals surface area contributed by atoms with Crippen molar-refractivity contribution in [1.82, 2.24) is 0 Å². The van der Waals surface area contributed by atoms with Gasteiger partial charge >= 0.3 is 0 Å². The van der Waals surface area contributed by atoms with Crippen molar-refractivity contribution in [1.29, 1.82) is 0 Å². The highest BCUT2D eigenvalue weighted by Crippen LogP contribution is 2.34. The molecule has 0 radical (unpaired) electrons. The van der Waals surface area contributed by atoms with E-state index < -0.39 is 5.41 Å². The average molecular weight is 274 g/mol. The van der Waals surface area contributed by atoms with Crippen LogP contribution in [0.1, 0.15) is 44.2 Å². The van der Waals surface area contributed by atoms with Crippen LogP contribution in [-0.4, -0.2) is 19.0 Å². The topological polar surface area (TPSA) is 46.3 Å². The van der Waals surface area contributed by atoms with E-state index in [1.165, 1.54) is 11.1 Å². The standard InChI is InChI=1S/C17H26N2O/c1-4-17(5-2,12-18)16(20)19-10-6-7-14-11-13(3)8-9-15(14)19/h8-9,11H,4-7,10,12,18H2,1-3H3. The zero-order valence-electron chi connectivity index (χ0n) is 12.9. The first-order valence-electron chi connectivity index (χ1n) is 7.69. The Balaban J connectivity index is 2.38. The molecule has 0 aromatic heterocycles. The number of hydrogen-bond donors (Lipinski definition) is 1. The molecular weight excluding hydrogens is 248 g/mol. The summed E-state index contributed by atoms with van der Waals surface area (Å²) in [7, 11) is 0. The maximum absolute atomic E-state index is 13.0. The summed E-state index contributed by atoms with van der Waals surface area (Å²) in [5.74, 6) is 0.204. The molecule has 3 nitrogen and oxygen atoms in total. The minimum Gasteiger partial charge on any atom is -0.329 e. The van der Waals surface area contributed by atoms with Gasteiger partial charge in [-0.1, -0.05) is 31.5 Å². The maximum Gasteiger partial charge on any atom is 0.234 e. The number of nitrogens with zero attached hydrogens (tertiary/aromatic N) is 1. The van der Waals surface area contributed by atoms with Crippen LogP contribution >= 0.6 is 0 Å². The predicted molar refractivity (Wildman–Crippen MR) is 83.9 cm³/mol. The van der Waals surface area contributed by atoms with Gasteiger partial charge in [-0.05, 0) is 44.2 Å². The summed E-state index contributed by atoms with van der Waals surface area (Å²) in [5, 5.41) is 0. The Bertz CT molecular complexity index is 483. The zero-order chi connectivity index (χ0) is 14.8. The molecule has 1 amide bonds. The third kappa shape index (κ3) is 2.47. The number of rotatable bonds is 4. The van der Waals surface area contributed by atoms with Gasteiger partial charge in [0.2, 0.25) is 5.91 Å². The number of amides is 1. The van der Waals surface area contributed by atoms with Crippen LogP contribution in [0.4, 0.5) is 5.69 Å². The molecule has 0 saturated heterocycles. The van der Waals surface area contributed by atoms with Crippen molar-refractivity contribution in [3.8, 4) is 0 Å². The lowest BCUT2D eigenvalue weighted by Gasteiger charge is -2.38. The van der Waals surface area contributed by atoms with Crippen LogP contribution < -0.4 is 10.6 Å². The van der Waals surface area contributed by atoms with Gasteiger partial charge in [0.25, 0.3) is 0 Å². The van der Waals surface area contributed by atoms with Gasteiger partial charge in [0.05, 0.1) is 5.41 Å². The SMILES string of the molecule is CCC(CC)(CN)C(=O)N1CCCc2cc(C)ccc21. The molecule has 1 aliphatic rings. The zero-order valence-corrected chi connectivity index (χ0v) is 12.9. The molecule has 1 aromatic rings. The van der Waals surface area contributed by atoms with Gasteiger partial charge < -0.3 is 10.6 Å². The quantitative estimate of drug-likeness (QED) is 0.917. The third-order valence-electron chi connectivity index (χ3n) is 4.80. The van der Waals surface area contributed by atoms with Crippen LogP contribution in [0.15, 0.2) is 18.2 Å². The second kappa shape index (κ2) is 5.96. The van der Waals surface area contributed by atoms with Crippen molar-refractivity contribution < 1.29 is 4.79 Å². The first-order chi connectivity index (χ1) is 9.57. The van der Waals surface area contributed by atoms with Gasteiger partial charge in [-0.3, -0.25) is 4.79 Å². The lowest BCUT2D eigenvalue weighted by molar-refractivity contribution is -0.128. The van der Waals surface area contributed by atoms with Crippen molar-refractivity contribution in [2.45, 2.75) is 46.5 Å². The summed E-state index contributed by atoms with van der Waals surface area (Å²) in [4.78, 5) is 15.0. The lowest BCUT2D eigenvalue weighted by atomic mass is 9.80. The summed E-state index contributed by atoms with van der Waals surface area (Å²) < 4.78 is 0. The van der Waals surface area contributed by atoms with E-state index >= 15 is 0 Å². The van der Waals surface area contributed by atoms with E-state index in [0.717, 1.165) is 37.9 Å². The van der Waals surface area contributed by atoms with Crippen LogP contribution in [0.2, 0.25) is 0 Å². The Morgan fingerprint density at radius 2 is 2.05 bits per heavy atom. The molecule has 3 heteroatoms. The van der Waals surface area contributed by atoms with E-state index in [1.807, 2.05) is 4.90 Å². The van der Waals surface area contributed by atoms with Crippen molar-refractivity contribution in [3.05, 3.63) is 29.3 Å². The van der Waals surface area contributed by atoms with Crippen LogP contribution in [0.3, 0.4) is 0 Å². The molecule has 0 bridgehead atoms. The summed E-state index contributed by atoms with van der Waals surface area (Å²) >= 11 is 0. The molecule has 0 spiro atoms. The Hall–Kier alpha value is -1.35. The van der Waals surface area contributed by atoms with Gasteiger partial charge in [0, 0.05) is 18.8 Å². The highest BCUT2D eigenvalue weighted by atomic mass is 16.2. The summed E-state index contributed by atoms with van der Waals surface area (Å²) in [6.45, 7) is 7.47. The van der Waals surface area contributed by atoms with Crippen LogP contribution in [0.25, 0.3) is 0 Å². The molecule has 1 aromatic carbocycles. The van der Waals surface area contributed by atoms with E-state index in [2.05, 4.69) is 39.0 Å². The normalized spacial score (nSPS) is 15.1. The number of nitrogens with two attached hydrogens (primary N) is 1. The van der Waals surface area contributed by atoms with E-state index in [4.69, 9.17) is 5.73 Å². The van der Waals surface area contributed by atoms with E-state index in [-0.39, 0.29) is 5.91 Å². The van der Waals surface area contributed by atoms with Crippen molar-refractivity contribution in [2.24, 2.45) is 11.1 Å². The fourth-order valence-corrected chi connectivity index (χ4v) is 3.15. The molecule has 1 aliphatic heterocycles. The highest BCUT2D eigenvalue weighted by Gasteiger charge is 2.38. The second-order valence-corrected chi connectivity index (χ2v) is 5.88. The molecule has 2 N–H and O–H groups in total. The van der Waals surface area contributed by atoms with Gasteiger partial charge in [0.15, 0.2) is 0 Å². The van der Waals surface area contributed by atoms with Gasteiger partial charge in [0.1, 0.15) is 0 Å². The monoisotopic (exact) mass is 274 g/mol. The second-order valence-electron chi connectivity index (χ2n) is 5.88. The number of aryl methyl sites for hydroxylation is 2. The molecule has 2 rings (SSSR count). The highest BCUT2D eigenvalue weighted by molar-refractivity contribution is 5.98. The molecule has 0 aliphatic carbocycles. The molecule has 0 atom stereocenters. The third-order valence-corrected chi connectivity index (χ3v) is 4.80. The Kier molecular flexibility index (Phi) is 4.48. The number of benzene rings is 1. The van der Waals surface area contributed by atoms with Crippen LogP contribution in [-0.2, 0) is 11.2 Å². The largest absolute Gasteiger partial charge is 0.329 e. The Labute approximate surface area is 122 Å². The van der Waals surface area contributed by atoms with Gasteiger partial charge in [-0.2, -0.15) is 0 Å². The van der Waals surface area contributed by atoms with E-state index in [1.54, 1.807) is 0 Å². The molecule has 1 heterocycles. The smallest absolute Gasteiger partial charge is 0.234 e. The lowest BCUT2D eigenvalue weighted by Crippen LogP contribution is -2.49. The minimum atomic E-state index is -0.403. The fraction of sp³-hybridized carbons (Fsp3) is 0.588. The fourth-order valence-electron chi connectivity index (χ4n) is 3.15. The molecule has 20 heavy (non-hydrogen) atoms. The first-order valence-corrected chi connectivity index (χ1v) is 7.69. The minimum absolute atomic E-state index is 0.204. The maximum atomic E-state index is 13.0. The summed E-state index contributed by atoms with van der Waals surface area (Å²) in [5.41, 5.74) is 9.17. The summed E-state index contributed by atoms with van der Waals surface area (Å²) in [6, 6.07) is 6.39. The number of carbonyl (C=O) groups excluding carboxylic acids is 1. The Morgan fingerprint density at radius 3 is 2.65 bits per heavy atom. The summed E-state index contributed by atoms with van der Waals surface area (Å²) in [6.07, 6.45) is 3.71. The van der Waals surface area contributed by atoms with Crippen molar-refractivity contribution in [3.63, 3.8) is 0 Å². The number of fused-ring (bicyclic) bond motifs is 1. The van der Waals surface area contributed by atoms with Crippen molar-refractivity contribution in [2.75, 3.05) is 18.0 Å². The Morgan fingerprint density at radius 1 is 1.35 bits per heavy atom. The van der Waals surface area contributed by atoms with Crippen LogP contribution in [0, 0.1) is 12.3 Å². The molecule has 0 unspecified atom stereocenters. The number of hydrogen-bond acceptors (Lipinski definition) is 2. The van der Waals surface area contributed by atoms with Crippen molar-refractivity contribution >= 4 is 11.6 Å². The molecule has 0 saturated carbocycles. The van der Waals surface area contributed by atoms with Gasteiger partial charge in [-0.15, -0.1) is 0 Å². The number of anilines is 1. The molecule has 0 fully saturated rings. The van der Waals surface area contributed by atoms with E-state index in [9.17, 15) is 4.79 Å². The average Bonchev–Trinajstić information content (AvgIpc) is 2.48. The van der Waals surface area contributed by atoms with Gasteiger partial charge in [-0.25, -0.2) is 0 Å². The molecular formula is C17H26N2O. The number of carbonyl (C=O) groups is 1. The molecule has 110 valence electrons. The first kappa shape index (κ1) is 15.0. The van der Waals surface area contributed by atoms with E-state index in [0.29, 0.717) is 6.54 Å². The van der Waals surface area contributed by atoms with Crippen LogP contribution in [0.5, 0.6) is 0 Å². The predicted octanol–water partition coefficient (Wildman–Crippen LogP) is 3.04.